The van der Waals surface area contributed by atoms with Crippen molar-refractivity contribution in [3.8, 4) is 0 Å². The van der Waals surface area contributed by atoms with E-state index in [1.165, 1.54) is 0 Å². The molecular weight excluding hydrogens is 376 g/mol. The average Bonchev–Trinajstić information content (AvgIpc) is 2.63. The van der Waals surface area contributed by atoms with Crippen LogP contribution in [0.4, 0.5) is 0 Å². The number of aliphatic carboxylic acids is 1. The molecule has 0 bridgehead atoms. The van der Waals surface area contributed by atoms with Gasteiger partial charge in [-0.1, -0.05) is 26.0 Å². The van der Waals surface area contributed by atoms with E-state index in [0.29, 0.717) is 19.5 Å². The molecule has 0 spiro atoms. The van der Waals surface area contributed by atoms with Gasteiger partial charge in [0.05, 0.1) is 6.42 Å². The standard InChI is InChI=1S/C21H36N2O4S/c1-16(2)19-21(27)23(13-10-14-28-3)12-9-7-5-4-6-8-11-17(15-18(24)25)20(26)22-19/h4-5,16-17,19H,6-15H2,1-3H3,(H,22,26)(H,24,25)/b5-4+/t17-,19+/m1/s1. The third-order valence-electron chi connectivity index (χ3n) is 5.00. The van der Waals surface area contributed by atoms with Crippen LogP contribution in [0, 0.1) is 11.8 Å². The maximum absolute atomic E-state index is 13.2. The maximum atomic E-state index is 13.2. The lowest BCUT2D eigenvalue weighted by Gasteiger charge is -2.31. The second-order valence-electron chi connectivity index (χ2n) is 7.74. The summed E-state index contributed by atoms with van der Waals surface area (Å²) in [6.45, 7) is 5.19. The number of hydrogen-bond acceptors (Lipinski definition) is 4. The zero-order valence-electron chi connectivity index (χ0n) is 17.5. The summed E-state index contributed by atoms with van der Waals surface area (Å²) in [4.78, 5) is 39.0. The molecule has 1 aliphatic heterocycles. The van der Waals surface area contributed by atoms with E-state index in [4.69, 9.17) is 0 Å². The second kappa shape index (κ2) is 13.6. The first-order valence-electron chi connectivity index (χ1n) is 10.3. The summed E-state index contributed by atoms with van der Waals surface area (Å²) >= 11 is 1.76. The molecule has 0 radical (unpaired) electrons. The quantitative estimate of drug-likeness (QED) is 0.495. The van der Waals surface area contributed by atoms with E-state index in [-0.39, 0.29) is 24.2 Å². The number of nitrogens with zero attached hydrogens (tertiary/aromatic N) is 1. The van der Waals surface area contributed by atoms with Gasteiger partial charge in [-0.25, -0.2) is 0 Å². The predicted octanol–water partition coefficient (Wildman–Crippen LogP) is 3.32. The van der Waals surface area contributed by atoms with Crippen molar-refractivity contribution in [2.75, 3.05) is 25.1 Å². The van der Waals surface area contributed by atoms with Gasteiger partial charge in [-0.05, 0) is 56.5 Å². The topological polar surface area (TPSA) is 86.7 Å². The van der Waals surface area contributed by atoms with Gasteiger partial charge in [-0.2, -0.15) is 11.8 Å². The summed E-state index contributed by atoms with van der Waals surface area (Å²) in [7, 11) is 0. The molecule has 2 atom stereocenters. The van der Waals surface area contributed by atoms with Crippen LogP contribution >= 0.6 is 11.8 Å². The third-order valence-corrected chi connectivity index (χ3v) is 5.70. The van der Waals surface area contributed by atoms with Crippen LogP contribution in [0.3, 0.4) is 0 Å². The van der Waals surface area contributed by atoms with Gasteiger partial charge in [0.2, 0.25) is 11.8 Å². The minimum atomic E-state index is -0.983. The predicted molar refractivity (Wildman–Crippen MR) is 114 cm³/mol. The van der Waals surface area contributed by atoms with E-state index in [9.17, 15) is 19.5 Å². The summed E-state index contributed by atoms with van der Waals surface area (Å²) in [6.07, 6.45) is 10.9. The Bertz CT molecular complexity index is 536. The zero-order chi connectivity index (χ0) is 20.9. The fraction of sp³-hybridized carbons (Fsp3) is 0.762. The largest absolute Gasteiger partial charge is 0.481 e. The molecule has 1 rings (SSSR count). The molecule has 0 aromatic carbocycles. The van der Waals surface area contributed by atoms with Crippen LogP contribution in [0.2, 0.25) is 0 Å². The number of carbonyl (C=O) groups excluding carboxylic acids is 2. The lowest BCUT2D eigenvalue weighted by atomic mass is 9.95. The molecule has 0 saturated heterocycles. The van der Waals surface area contributed by atoms with Crippen molar-refractivity contribution in [2.24, 2.45) is 11.8 Å². The Kier molecular flexibility index (Phi) is 12.0. The first-order valence-corrected chi connectivity index (χ1v) is 11.7. The minimum absolute atomic E-state index is 0.0560. The van der Waals surface area contributed by atoms with Crippen LogP contribution < -0.4 is 5.32 Å². The van der Waals surface area contributed by atoms with Crippen LogP contribution in [-0.2, 0) is 14.4 Å². The highest BCUT2D eigenvalue weighted by molar-refractivity contribution is 7.98. The Morgan fingerprint density at radius 3 is 2.57 bits per heavy atom. The molecule has 0 aliphatic carbocycles. The van der Waals surface area contributed by atoms with E-state index in [0.717, 1.165) is 37.9 Å². The Morgan fingerprint density at radius 1 is 1.29 bits per heavy atom. The third kappa shape index (κ3) is 9.13. The number of carbonyl (C=O) groups is 3. The summed E-state index contributed by atoms with van der Waals surface area (Å²) < 4.78 is 0. The summed E-state index contributed by atoms with van der Waals surface area (Å²) in [5, 5.41) is 12.1. The fourth-order valence-electron chi connectivity index (χ4n) is 3.37. The number of amides is 2. The molecule has 1 aliphatic rings. The number of carboxylic acid groups (broad SMARTS) is 1. The number of carboxylic acids is 1. The lowest BCUT2D eigenvalue weighted by Crippen LogP contribution is -2.53. The molecule has 0 saturated carbocycles. The van der Waals surface area contributed by atoms with Crippen LogP contribution in [0.25, 0.3) is 0 Å². The van der Waals surface area contributed by atoms with Gasteiger partial charge in [0.15, 0.2) is 0 Å². The SMILES string of the molecule is CSCCCN1CCC/C=C/CCC[C@H](CC(=O)O)C(=O)N[C@@H](C(C)C)C1=O. The monoisotopic (exact) mass is 412 g/mol. The maximum Gasteiger partial charge on any atom is 0.304 e. The molecule has 6 nitrogen and oxygen atoms in total. The van der Waals surface area contributed by atoms with Crippen molar-refractivity contribution in [2.45, 2.75) is 64.8 Å². The molecule has 1 heterocycles. The molecule has 0 unspecified atom stereocenters. The normalized spacial score (nSPS) is 23.9. The first-order chi connectivity index (χ1) is 13.4. The molecule has 2 amide bonds. The van der Waals surface area contributed by atoms with Gasteiger partial charge < -0.3 is 15.3 Å². The minimum Gasteiger partial charge on any atom is -0.481 e. The van der Waals surface area contributed by atoms with Crippen molar-refractivity contribution < 1.29 is 19.5 Å². The van der Waals surface area contributed by atoms with E-state index in [1.54, 1.807) is 11.8 Å². The Hall–Kier alpha value is -1.50. The van der Waals surface area contributed by atoms with Crippen molar-refractivity contribution in [1.82, 2.24) is 10.2 Å². The molecule has 0 fully saturated rings. The molecule has 2 N–H and O–H groups in total. The average molecular weight is 413 g/mol. The second-order valence-corrected chi connectivity index (χ2v) is 8.73. The van der Waals surface area contributed by atoms with Crippen molar-refractivity contribution in [3.05, 3.63) is 12.2 Å². The molecule has 7 heteroatoms. The molecule has 0 aromatic rings. The molecule has 0 aromatic heterocycles. The van der Waals surface area contributed by atoms with Crippen molar-refractivity contribution in [3.63, 3.8) is 0 Å². The first kappa shape index (κ1) is 24.5. The summed E-state index contributed by atoms with van der Waals surface area (Å²) in [6, 6.07) is -0.614. The number of thioether (sulfide) groups is 1. The highest BCUT2D eigenvalue weighted by Crippen LogP contribution is 2.17. The molecular formula is C21H36N2O4S. The van der Waals surface area contributed by atoms with Gasteiger partial charge in [0, 0.05) is 19.0 Å². The van der Waals surface area contributed by atoms with Crippen LogP contribution in [0.15, 0.2) is 12.2 Å². The van der Waals surface area contributed by atoms with Crippen LogP contribution in [0.1, 0.15) is 58.8 Å². The highest BCUT2D eigenvalue weighted by Gasteiger charge is 2.31. The van der Waals surface area contributed by atoms with Crippen LogP contribution in [-0.4, -0.2) is 58.9 Å². The number of allylic oxidation sites excluding steroid dienone is 2. The summed E-state index contributed by atoms with van der Waals surface area (Å²) in [5.41, 5.74) is 0. The Labute approximate surface area is 173 Å². The van der Waals surface area contributed by atoms with Gasteiger partial charge in [-0.15, -0.1) is 0 Å². The summed E-state index contributed by atoms with van der Waals surface area (Å²) in [5.74, 6) is -1.03. The van der Waals surface area contributed by atoms with Crippen LogP contribution in [0.5, 0.6) is 0 Å². The van der Waals surface area contributed by atoms with E-state index < -0.39 is 17.9 Å². The number of hydrogen-bond donors (Lipinski definition) is 2. The zero-order valence-corrected chi connectivity index (χ0v) is 18.3. The Balaban J connectivity index is 3.01. The van der Waals surface area contributed by atoms with Crippen molar-refractivity contribution >= 4 is 29.5 Å². The molecule has 28 heavy (non-hydrogen) atoms. The number of rotatable bonds is 7. The van der Waals surface area contributed by atoms with Gasteiger partial charge in [0.1, 0.15) is 6.04 Å². The lowest BCUT2D eigenvalue weighted by molar-refractivity contribution is -0.142. The van der Waals surface area contributed by atoms with Gasteiger partial charge >= 0.3 is 5.97 Å². The van der Waals surface area contributed by atoms with E-state index >= 15 is 0 Å². The number of nitrogens with one attached hydrogen (secondary N) is 1. The smallest absolute Gasteiger partial charge is 0.304 e. The van der Waals surface area contributed by atoms with Crippen molar-refractivity contribution in [1.29, 1.82) is 0 Å². The van der Waals surface area contributed by atoms with Gasteiger partial charge in [-0.3, -0.25) is 14.4 Å². The van der Waals surface area contributed by atoms with Gasteiger partial charge in [0.25, 0.3) is 0 Å². The fourth-order valence-corrected chi connectivity index (χ4v) is 3.79. The Morgan fingerprint density at radius 2 is 1.96 bits per heavy atom. The van der Waals surface area contributed by atoms with E-state index in [1.807, 2.05) is 18.7 Å². The molecule has 160 valence electrons. The highest BCUT2D eigenvalue weighted by atomic mass is 32.2. The van der Waals surface area contributed by atoms with E-state index in [2.05, 4.69) is 23.7 Å².